The van der Waals surface area contributed by atoms with Gasteiger partial charge in [-0.15, -0.1) is 12.4 Å². The van der Waals surface area contributed by atoms with E-state index in [0.717, 1.165) is 50.8 Å². The third kappa shape index (κ3) is 3.29. The lowest BCUT2D eigenvalue weighted by molar-refractivity contribution is -0.136. The van der Waals surface area contributed by atoms with Gasteiger partial charge in [-0.1, -0.05) is 6.42 Å². The standard InChI is InChI=1S/C15H26N2O2.ClH/c16-7-2-10-19-11-5-8-17(9-6-11)15(18)14-12-3-1-4-13(12)14;/h11-14H,1-10,16H2;1H. The molecule has 2 N–H and O–H groups in total. The van der Waals surface area contributed by atoms with Crippen LogP contribution in [0.4, 0.5) is 0 Å². The topological polar surface area (TPSA) is 55.6 Å². The summed E-state index contributed by atoms with van der Waals surface area (Å²) in [5.74, 6) is 2.32. The van der Waals surface area contributed by atoms with Crippen molar-refractivity contribution in [3.8, 4) is 0 Å². The van der Waals surface area contributed by atoms with Crippen LogP contribution in [0.2, 0.25) is 0 Å². The smallest absolute Gasteiger partial charge is 0.226 e. The molecule has 20 heavy (non-hydrogen) atoms. The second kappa shape index (κ2) is 7.10. The maximum Gasteiger partial charge on any atom is 0.226 e. The third-order valence-corrected chi connectivity index (χ3v) is 5.15. The maximum absolute atomic E-state index is 12.4. The molecule has 5 heteroatoms. The number of nitrogens with zero attached hydrogens (tertiary/aromatic N) is 1. The van der Waals surface area contributed by atoms with E-state index in [1.807, 2.05) is 0 Å². The van der Waals surface area contributed by atoms with Gasteiger partial charge in [0.05, 0.1) is 6.10 Å². The number of ether oxygens (including phenoxy) is 1. The second-order valence-corrected chi connectivity index (χ2v) is 6.32. The van der Waals surface area contributed by atoms with E-state index in [9.17, 15) is 4.79 Å². The Morgan fingerprint density at radius 2 is 1.80 bits per heavy atom. The second-order valence-electron chi connectivity index (χ2n) is 6.32. The van der Waals surface area contributed by atoms with E-state index in [4.69, 9.17) is 10.5 Å². The molecule has 4 nitrogen and oxygen atoms in total. The van der Waals surface area contributed by atoms with Crippen LogP contribution in [-0.4, -0.2) is 43.2 Å². The highest BCUT2D eigenvalue weighted by Gasteiger charge is 2.57. The molecule has 116 valence electrons. The highest BCUT2D eigenvalue weighted by molar-refractivity contribution is 5.85. The summed E-state index contributed by atoms with van der Waals surface area (Å²) in [7, 11) is 0. The Kier molecular flexibility index (Phi) is 5.70. The molecule has 1 aliphatic heterocycles. The first-order chi connectivity index (χ1) is 9.31. The molecule has 3 rings (SSSR count). The molecule has 0 bridgehead atoms. The first kappa shape index (κ1) is 16.1. The number of fused-ring (bicyclic) bond motifs is 1. The van der Waals surface area contributed by atoms with Crippen LogP contribution in [0.3, 0.4) is 0 Å². The van der Waals surface area contributed by atoms with Crippen molar-refractivity contribution < 1.29 is 9.53 Å². The number of rotatable bonds is 5. The van der Waals surface area contributed by atoms with Crippen molar-refractivity contribution in [3.05, 3.63) is 0 Å². The summed E-state index contributed by atoms with van der Waals surface area (Å²) >= 11 is 0. The molecule has 3 fully saturated rings. The molecule has 0 aromatic heterocycles. The number of hydrogen-bond acceptors (Lipinski definition) is 3. The third-order valence-electron chi connectivity index (χ3n) is 5.15. The van der Waals surface area contributed by atoms with E-state index in [-0.39, 0.29) is 12.4 Å². The first-order valence-electron chi connectivity index (χ1n) is 7.91. The summed E-state index contributed by atoms with van der Waals surface area (Å²) in [5.41, 5.74) is 5.46. The molecule has 1 amide bonds. The molecule has 2 atom stereocenters. The average molecular weight is 303 g/mol. The average Bonchev–Trinajstić information content (AvgIpc) is 2.91. The van der Waals surface area contributed by atoms with Crippen LogP contribution < -0.4 is 5.73 Å². The lowest BCUT2D eigenvalue weighted by atomic mass is 10.1. The van der Waals surface area contributed by atoms with Crippen molar-refractivity contribution in [1.82, 2.24) is 4.90 Å². The molecule has 2 saturated carbocycles. The van der Waals surface area contributed by atoms with Gasteiger partial charge in [0.1, 0.15) is 0 Å². The van der Waals surface area contributed by atoms with Crippen LogP contribution in [0.15, 0.2) is 0 Å². The quantitative estimate of drug-likeness (QED) is 0.788. The number of amides is 1. The molecule has 3 aliphatic rings. The van der Waals surface area contributed by atoms with Crippen molar-refractivity contribution in [2.24, 2.45) is 23.5 Å². The normalized spacial score (nSPS) is 32.6. The highest BCUT2D eigenvalue weighted by Crippen LogP contribution is 2.58. The fourth-order valence-corrected chi connectivity index (χ4v) is 3.97. The van der Waals surface area contributed by atoms with Crippen molar-refractivity contribution in [1.29, 1.82) is 0 Å². The van der Waals surface area contributed by atoms with E-state index in [1.165, 1.54) is 19.3 Å². The Morgan fingerprint density at radius 3 is 2.40 bits per heavy atom. The zero-order valence-electron chi connectivity index (χ0n) is 12.1. The van der Waals surface area contributed by atoms with Crippen molar-refractivity contribution >= 4 is 18.3 Å². The molecular formula is C15H27ClN2O2. The molecule has 1 heterocycles. The Balaban J connectivity index is 0.00000147. The zero-order valence-corrected chi connectivity index (χ0v) is 12.9. The highest BCUT2D eigenvalue weighted by atomic mass is 35.5. The molecule has 2 aliphatic carbocycles. The molecule has 0 aromatic carbocycles. The van der Waals surface area contributed by atoms with Gasteiger partial charge in [-0.25, -0.2) is 0 Å². The van der Waals surface area contributed by atoms with Gasteiger partial charge in [-0.05, 0) is 50.5 Å². The van der Waals surface area contributed by atoms with Crippen LogP contribution in [0.25, 0.3) is 0 Å². The summed E-state index contributed by atoms with van der Waals surface area (Å²) in [6, 6.07) is 0. The van der Waals surface area contributed by atoms with Gasteiger partial charge >= 0.3 is 0 Å². The minimum atomic E-state index is 0. The minimum absolute atomic E-state index is 0. The lowest BCUT2D eigenvalue weighted by Crippen LogP contribution is -2.42. The number of hydrogen-bond donors (Lipinski definition) is 1. The fourth-order valence-electron chi connectivity index (χ4n) is 3.97. The van der Waals surface area contributed by atoms with Gasteiger partial charge in [-0.3, -0.25) is 4.79 Å². The Labute approximate surface area is 127 Å². The molecule has 0 radical (unpaired) electrons. The largest absolute Gasteiger partial charge is 0.378 e. The van der Waals surface area contributed by atoms with Crippen molar-refractivity contribution in [2.75, 3.05) is 26.2 Å². The molecule has 1 saturated heterocycles. The molecule has 0 aromatic rings. The molecule has 0 spiro atoms. The molecule has 2 unspecified atom stereocenters. The Bertz CT molecular complexity index is 322. The number of nitrogens with two attached hydrogens (primary N) is 1. The number of piperidine rings is 1. The minimum Gasteiger partial charge on any atom is -0.378 e. The zero-order chi connectivity index (χ0) is 13.2. The van der Waals surface area contributed by atoms with Gasteiger partial charge in [0.15, 0.2) is 0 Å². The van der Waals surface area contributed by atoms with E-state index >= 15 is 0 Å². The van der Waals surface area contributed by atoms with Crippen LogP contribution in [-0.2, 0) is 9.53 Å². The van der Waals surface area contributed by atoms with Crippen molar-refractivity contribution in [3.63, 3.8) is 0 Å². The van der Waals surface area contributed by atoms with E-state index in [2.05, 4.69) is 4.90 Å². The number of likely N-dealkylation sites (tertiary alicyclic amines) is 1. The number of carbonyl (C=O) groups is 1. The summed E-state index contributed by atoms with van der Waals surface area (Å²) in [5, 5.41) is 0. The Hall–Kier alpha value is -0.320. The van der Waals surface area contributed by atoms with Crippen molar-refractivity contribution in [2.45, 2.75) is 44.6 Å². The van der Waals surface area contributed by atoms with E-state index in [1.54, 1.807) is 0 Å². The predicted molar refractivity (Wildman–Crippen MR) is 80.8 cm³/mol. The van der Waals surface area contributed by atoms with Crippen LogP contribution in [0.5, 0.6) is 0 Å². The van der Waals surface area contributed by atoms with Crippen LogP contribution in [0, 0.1) is 17.8 Å². The molecular weight excluding hydrogens is 276 g/mol. The first-order valence-corrected chi connectivity index (χ1v) is 7.91. The summed E-state index contributed by atoms with van der Waals surface area (Å²) < 4.78 is 5.78. The number of carbonyl (C=O) groups excluding carboxylic acids is 1. The van der Waals surface area contributed by atoms with Gasteiger partial charge in [-0.2, -0.15) is 0 Å². The summed E-state index contributed by atoms with van der Waals surface area (Å²) in [6.07, 6.45) is 7.20. The van der Waals surface area contributed by atoms with Gasteiger partial charge < -0.3 is 15.4 Å². The summed E-state index contributed by atoms with van der Waals surface area (Å²) in [6.45, 7) is 3.24. The lowest BCUT2D eigenvalue weighted by Gasteiger charge is -2.32. The van der Waals surface area contributed by atoms with E-state index in [0.29, 0.717) is 24.5 Å². The van der Waals surface area contributed by atoms with Crippen LogP contribution in [0.1, 0.15) is 38.5 Å². The summed E-state index contributed by atoms with van der Waals surface area (Å²) in [4.78, 5) is 14.5. The number of halogens is 1. The van der Waals surface area contributed by atoms with E-state index < -0.39 is 0 Å². The van der Waals surface area contributed by atoms with Gasteiger partial charge in [0.2, 0.25) is 5.91 Å². The van der Waals surface area contributed by atoms with Crippen LogP contribution >= 0.6 is 12.4 Å². The van der Waals surface area contributed by atoms with Gasteiger partial charge in [0, 0.05) is 25.6 Å². The predicted octanol–water partition coefficient (Wildman–Crippen LogP) is 1.81. The monoisotopic (exact) mass is 302 g/mol. The SMILES string of the molecule is Cl.NCCCOC1CCN(C(=O)C2C3CCCC32)CC1. The van der Waals surface area contributed by atoms with Gasteiger partial charge in [0.25, 0.3) is 0 Å². The maximum atomic E-state index is 12.4. The fraction of sp³-hybridized carbons (Fsp3) is 0.933. The Morgan fingerprint density at radius 1 is 1.15 bits per heavy atom.